The summed E-state index contributed by atoms with van der Waals surface area (Å²) in [6.07, 6.45) is 6.77. The van der Waals surface area contributed by atoms with Crippen LogP contribution in [0.4, 0.5) is 4.39 Å². The summed E-state index contributed by atoms with van der Waals surface area (Å²) in [5.41, 5.74) is 2.76. The molecule has 0 aliphatic rings. The number of rotatable bonds is 4. The zero-order chi connectivity index (χ0) is 21.2. The number of benzene rings is 3. The van der Waals surface area contributed by atoms with Gasteiger partial charge in [0.05, 0.1) is 22.3 Å². The topological polar surface area (TPSA) is 65.6 Å². The van der Waals surface area contributed by atoms with Crippen molar-refractivity contribution in [1.29, 1.82) is 0 Å². The Morgan fingerprint density at radius 3 is 2.32 bits per heavy atom. The second-order valence-electron chi connectivity index (χ2n) is 6.87. The summed E-state index contributed by atoms with van der Waals surface area (Å²) in [4.78, 5) is 21.8. The van der Waals surface area contributed by atoms with Crippen molar-refractivity contribution in [1.82, 2.24) is 24.3 Å². The quantitative estimate of drug-likeness (QED) is 0.445. The highest BCUT2D eigenvalue weighted by atomic mass is 19.1. The van der Waals surface area contributed by atoms with E-state index in [2.05, 4.69) is 15.1 Å². The Morgan fingerprint density at radius 2 is 1.58 bits per heavy atom. The smallest absolute Gasteiger partial charge is 0.266 e. The van der Waals surface area contributed by atoms with Gasteiger partial charge in [-0.2, -0.15) is 5.10 Å². The average molecular weight is 409 g/mol. The normalized spacial score (nSPS) is 11.4. The Balaban J connectivity index is 1.59. The molecular formula is C24H16FN5O. The van der Waals surface area contributed by atoms with Crippen LogP contribution in [0.2, 0.25) is 0 Å². The molecular weight excluding hydrogens is 393 g/mol. The predicted molar refractivity (Wildman–Crippen MR) is 118 cm³/mol. The minimum Gasteiger partial charge on any atom is -0.268 e. The lowest BCUT2D eigenvalue weighted by Crippen LogP contribution is -2.22. The Labute approximate surface area is 176 Å². The van der Waals surface area contributed by atoms with Crippen LogP contribution >= 0.6 is 0 Å². The third kappa shape index (κ3) is 3.64. The van der Waals surface area contributed by atoms with Gasteiger partial charge in [0.15, 0.2) is 0 Å². The van der Waals surface area contributed by atoms with Gasteiger partial charge in [0, 0.05) is 0 Å². The molecule has 3 aromatic carbocycles. The van der Waals surface area contributed by atoms with Crippen LogP contribution in [-0.4, -0.2) is 24.3 Å². The molecule has 0 unspecified atom stereocenters. The first-order valence-corrected chi connectivity index (χ1v) is 9.60. The molecule has 0 fully saturated rings. The summed E-state index contributed by atoms with van der Waals surface area (Å²) in [7, 11) is 0. The zero-order valence-electron chi connectivity index (χ0n) is 16.3. The van der Waals surface area contributed by atoms with E-state index < -0.39 is 0 Å². The SMILES string of the molecule is O=c1c2ccccc2nc(C=Cc2ccc(-n3cncn3)cc2)n1-c1ccc(F)cc1. The number of halogens is 1. The number of hydrogen-bond acceptors (Lipinski definition) is 4. The van der Waals surface area contributed by atoms with E-state index in [1.54, 1.807) is 47.4 Å². The van der Waals surface area contributed by atoms with E-state index in [1.165, 1.54) is 23.0 Å². The average Bonchev–Trinajstić information content (AvgIpc) is 3.34. The lowest BCUT2D eigenvalue weighted by atomic mass is 10.2. The second-order valence-corrected chi connectivity index (χ2v) is 6.87. The lowest BCUT2D eigenvalue weighted by Gasteiger charge is -2.11. The minimum absolute atomic E-state index is 0.210. The van der Waals surface area contributed by atoms with Crippen LogP contribution < -0.4 is 5.56 Å². The van der Waals surface area contributed by atoms with Crippen molar-refractivity contribution in [3.8, 4) is 11.4 Å². The molecule has 0 atom stereocenters. The van der Waals surface area contributed by atoms with Gasteiger partial charge in [-0.15, -0.1) is 0 Å². The van der Waals surface area contributed by atoms with Crippen molar-refractivity contribution in [2.75, 3.05) is 0 Å². The largest absolute Gasteiger partial charge is 0.268 e. The Hall–Kier alpha value is -4.39. The van der Waals surface area contributed by atoms with Gasteiger partial charge < -0.3 is 0 Å². The van der Waals surface area contributed by atoms with Crippen LogP contribution in [0.3, 0.4) is 0 Å². The first kappa shape index (κ1) is 18.6. The van der Waals surface area contributed by atoms with Crippen LogP contribution in [-0.2, 0) is 0 Å². The molecule has 7 heteroatoms. The van der Waals surface area contributed by atoms with E-state index >= 15 is 0 Å². The fourth-order valence-electron chi connectivity index (χ4n) is 3.35. The Bertz CT molecular complexity index is 1440. The molecule has 5 aromatic rings. The van der Waals surface area contributed by atoms with Crippen LogP contribution in [0.5, 0.6) is 0 Å². The number of aromatic nitrogens is 5. The Morgan fingerprint density at radius 1 is 0.839 bits per heavy atom. The second kappa shape index (κ2) is 7.79. The van der Waals surface area contributed by atoms with Crippen molar-refractivity contribution in [3.63, 3.8) is 0 Å². The number of hydrogen-bond donors (Lipinski definition) is 0. The third-order valence-corrected chi connectivity index (χ3v) is 4.89. The molecule has 0 radical (unpaired) electrons. The van der Waals surface area contributed by atoms with E-state index in [4.69, 9.17) is 0 Å². The molecule has 5 rings (SSSR count). The van der Waals surface area contributed by atoms with Crippen molar-refractivity contribution in [3.05, 3.63) is 113 Å². The lowest BCUT2D eigenvalue weighted by molar-refractivity contribution is 0.627. The molecule has 2 heterocycles. The van der Waals surface area contributed by atoms with Crippen molar-refractivity contribution < 1.29 is 4.39 Å². The third-order valence-electron chi connectivity index (χ3n) is 4.89. The first-order chi connectivity index (χ1) is 15.2. The number of para-hydroxylation sites is 1. The van der Waals surface area contributed by atoms with Crippen LogP contribution in [0, 0.1) is 5.82 Å². The summed E-state index contributed by atoms with van der Waals surface area (Å²) < 4.78 is 16.6. The molecule has 150 valence electrons. The fourth-order valence-corrected chi connectivity index (χ4v) is 3.35. The van der Waals surface area contributed by atoms with E-state index in [1.807, 2.05) is 36.4 Å². The van der Waals surface area contributed by atoms with E-state index in [0.717, 1.165) is 11.3 Å². The standard InChI is InChI=1S/C24H16FN5O/c25-18-8-12-20(13-9-18)30-23(28-22-4-2-1-3-21(22)24(30)31)14-7-17-5-10-19(11-6-17)29-16-26-15-27-29/h1-16H. The van der Waals surface area contributed by atoms with Gasteiger partial charge in [0.2, 0.25) is 0 Å². The summed E-state index contributed by atoms with van der Waals surface area (Å²) in [6, 6.07) is 20.7. The molecule has 0 aliphatic carbocycles. The summed E-state index contributed by atoms with van der Waals surface area (Å²) >= 11 is 0. The van der Waals surface area contributed by atoms with Crippen LogP contribution in [0.15, 0.2) is 90.2 Å². The molecule has 0 spiro atoms. The van der Waals surface area contributed by atoms with Crippen molar-refractivity contribution in [2.45, 2.75) is 0 Å². The maximum Gasteiger partial charge on any atom is 0.266 e. The predicted octanol–water partition coefficient (Wildman–Crippen LogP) is 4.28. The molecule has 6 nitrogen and oxygen atoms in total. The van der Waals surface area contributed by atoms with Crippen LogP contribution in [0.1, 0.15) is 11.4 Å². The molecule has 0 amide bonds. The summed E-state index contributed by atoms with van der Waals surface area (Å²) in [5.74, 6) is 0.0887. The molecule has 0 saturated heterocycles. The van der Waals surface area contributed by atoms with Crippen LogP contribution in [0.25, 0.3) is 34.4 Å². The van der Waals surface area contributed by atoms with Gasteiger partial charge in [0.1, 0.15) is 24.3 Å². The highest BCUT2D eigenvalue weighted by Crippen LogP contribution is 2.16. The molecule has 0 N–H and O–H groups in total. The summed E-state index contributed by atoms with van der Waals surface area (Å²) in [5, 5.41) is 4.61. The van der Waals surface area contributed by atoms with Gasteiger partial charge in [0.25, 0.3) is 5.56 Å². The van der Waals surface area contributed by atoms with Crippen molar-refractivity contribution in [2.24, 2.45) is 0 Å². The Kier molecular flexibility index (Phi) is 4.68. The fraction of sp³-hybridized carbons (Fsp3) is 0. The highest BCUT2D eigenvalue weighted by Gasteiger charge is 2.11. The maximum absolute atomic E-state index is 13.4. The maximum atomic E-state index is 13.4. The molecule has 31 heavy (non-hydrogen) atoms. The van der Waals surface area contributed by atoms with E-state index in [-0.39, 0.29) is 11.4 Å². The van der Waals surface area contributed by atoms with E-state index in [0.29, 0.717) is 22.4 Å². The first-order valence-electron chi connectivity index (χ1n) is 9.60. The van der Waals surface area contributed by atoms with Crippen molar-refractivity contribution >= 4 is 23.1 Å². The molecule has 0 bridgehead atoms. The van der Waals surface area contributed by atoms with Gasteiger partial charge in [-0.05, 0) is 60.2 Å². The van der Waals surface area contributed by atoms with Gasteiger partial charge in [-0.25, -0.2) is 19.0 Å². The molecule has 2 aromatic heterocycles. The van der Waals surface area contributed by atoms with Gasteiger partial charge >= 0.3 is 0 Å². The minimum atomic E-state index is -0.366. The van der Waals surface area contributed by atoms with Gasteiger partial charge in [-0.1, -0.05) is 30.3 Å². The monoisotopic (exact) mass is 409 g/mol. The highest BCUT2D eigenvalue weighted by molar-refractivity contribution is 5.80. The molecule has 0 saturated carbocycles. The van der Waals surface area contributed by atoms with Gasteiger partial charge in [-0.3, -0.25) is 9.36 Å². The van der Waals surface area contributed by atoms with E-state index in [9.17, 15) is 9.18 Å². The number of fused-ring (bicyclic) bond motifs is 1. The molecule has 0 aliphatic heterocycles. The summed E-state index contributed by atoms with van der Waals surface area (Å²) in [6.45, 7) is 0. The zero-order valence-corrected chi connectivity index (χ0v) is 16.3. The number of nitrogens with zero attached hydrogens (tertiary/aromatic N) is 5.